The van der Waals surface area contributed by atoms with Crippen LogP contribution in [0.3, 0.4) is 0 Å². The van der Waals surface area contributed by atoms with Crippen molar-refractivity contribution in [3.8, 4) is 0 Å². The first kappa shape index (κ1) is 15.2. The Morgan fingerprint density at radius 3 is 2.79 bits per heavy atom. The third-order valence-corrected chi connectivity index (χ3v) is 4.68. The van der Waals surface area contributed by atoms with Crippen molar-refractivity contribution in [1.29, 1.82) is 0 Å². The first-order chi connectivity index (χ1) is 9.10. The zero-order chi connectivity index (χ0) is 13.8. The van der Waals surface area contributed by atoms with Crippen molar-refractivity contribution in [1.82, 2.24) is 15.1 Å². The predicted octanol–water partition coefficient (Wildman–Crippen LogP) is 0.761. The number of likely N-dealkylation sites (N-methyl/N-ethyl adjacent to an activating group) is 1. The van der Waals surface area contributed by atoms with Crippen LogP contribution in [0.5, 0.6) is 0 Å². The van der Waals surface area contributed by atoms with Crippen LogP contribution in [0.4, 0.5) is 0 Å². The zero-order valence-electron chi connectivity index (χ0n) is 12.8. The van der Waals surface area contributed by atoms with Gasteiger partial charge in [-0.1, -0.05) is 13.3 Å². The van der Waals surface area contributed by atoms with Crippen LogP contribution in [0.2, 0.25) is 0 Å². The summed E-state index contributed by atoms with van der Waals surface area (Å²) in [6.07, 6.45) is 4.85. The van der Waals surface area contributed by atoms with Crippen molar-refractivity contribution in [3.05, 3.63) is 0 Å². The van der Waals surface area contributed by atoms with E-state index >= 15 is 0 Å². The highest BCUT2D eigenvalue weighted by Gasteiger charge is 2.35. The summed E-state index contributed by atoms with van der Waals surface area (Å²) < 4.78 is 0. The number of rotatable bonds is 6. The fourth-order valence-electron chi connectivity index (χ4n) is 3.88. The maximum Gasteiger partial charge on any atom is 0.0682 e. The number of β-amino-alcohol motifs (C(OH)–C–C–N with tert-alkyl or cyclic N) is 1. The van der Waals surface area contributed by atoms with Crippen LogP contribution in [0.25, 0.3) is 0 Å². The summed E-state index contributed by atoms with van der Waals surface area (Å²) in [5.41, 5.74) is 0. The second-order valence-electron chi connectivity index (χ2n) is 6.61. The fourth-order valence-corrected chi connectivity index (χ4v) is 3.88. The third-order valence-electron chi connectivity index (χ3n) is 4.68. The molecule has 1 saturated heterocycles. The van der Waals surface area contributed by atoms with Gasteiger partial charge in [0.05, 0.1) is 6.10 Å². The van der Waals surface area contributed by atoms with Gasteiger partial charge in [0.25, 0.3) is 0 Å². The van der Waals surface area contributed by atoms with E-state index in [0.29, 0.717) is 12.1 Å². The highest BCUT2D eigenvalue weighted by molar-refractivity contribution is 4.91. The van der Waals surface area contributed by atoms with Crippen molar-refractivity contribution in [2.45, 2.75) is 50.8 Å². The van der Waals surface area contributed by atoms with Crippen LogP contribution in [-0.4, -0.2) is 73.4 Å². The molecule has 4 nitrogen and oxygen atoms in total. The summed E-state index contributed by atoms with van der Waals surface area (Å²) in [6, 6.07) is 1.23. The fraction of sp³-hybridized carbons (Fsp3) is 1.00. The molecule has 0 aromatic heterocycles. The van der Waals surface area contributed by atoms with E-state index in [1.54, 1.807) is 0 Å². The molecule has 2 rings (SSSR count). The molecule has 1 aliphatic carbocycles. The maximum absolute atomic E-state index is 9.95. The summed E-state index contributed by atoms with van der Waals surface area (Å²) in [5.74, 6) is 0.773. The molecule has 112 valence electrons. The SMILES string of the molecule is CCNC1CCCC1CN1CC(O)CC1CN(C)C. The first-order valence-corrected chi connectivity index (χ1v) is 7.90. The molecule has 0 aromatic carbocycles. The van der Waals surface area contributed by atoms with E-state index in [9.17, 15) is 5.11 Å². The van der Waals surface area contributed by atoms with Crippen LogP contribution in [0, 0.1) is 5.92 Å². The number of nitrogens with zero attached hydrogens (tertiary/aromatic N) is 2. The van der Waals surface area contributed by atoms with Gasteiger partial charge >= 0.3 is 0 Å². The topological polar surface area (TPSA) is 38.7 Å². The van der Waals surface area contributed by atoms with Gasteiger partial charge in [0.1, 0.15) is 0 Å². The standard InChI is InChI=1S/C15H31N3O/c1-4-16-15-7-5-6-12(15)9-18-11-14(19)8-13(18)10-17(2)3/h12-16,19H,4-11H2,1-3H3. The van der Waals surface area contributed by atoms with Crippen molar-refractivity contribution >= 4 is 0 Å². The molecule has 1 saturated carbocycles. The summed E-state index contributed by atoms with van der Waals surface area (Å²) >= 11 is 0. The molecule has 0 amide bonds. The van der Waals surface area contributed by atoms with E-state index in [4.69, 9.17) is 0 Å². The van der Waals surface area contributed by atoms with E-state index < -0.39 is 0 Å². The normalized spacial score (nSPS) is 36.5. The Kier molecular flexibility index (Phi) is 5.63. The van der Waals surface area contributed by atoms with E-state index in [1.165, 1.54) is 19.3 Å². The Morgan fingerprint density at radius 1 is 1.32 bits per heavy atom. The molecule has 0 spiro atoms. The molecule has 19 heavy (non-hydrogen) atoms. The minimum atomic E-state index is -0.121. The maximum atomic E-state index is 9.95. The van der Waals surface area contributed by atoms with E-state index in [0.717, 1.165) is 38.5 Å². The van der Waals surface area contributed by atoms with Crippen molar-refractivity contribution < 1.29 is 5.11 Å². The number of hydrogen-bond acceptors (Lipinski definition) is 4. The quantitative estimate of drug-likeness (QED) is 0.747. The molecule has 1 heterocycles. The molecule has 0 radical (unpaired) electrons. The second-order valence-corrected chi connectivity index (χ2v) is 6.61. The minimum Gasteiger partial charge on any atom is -0.392 e. The number of nitrogens with one attached hydrogen (secondary N) is 1. The van der Waals surface area contributed by atoms with Gasteiger partial charge in [-0.25, -0.2) is 0 Å². The Labute approximate surface area is 118 Å². The van der Waals surface area contributed by atoms with Crippen molar-refractivity contribution in [2.75, 3.05) is 40.3 Å². The Bertz CT molecular complexity index is 272. The van der Waals surface area contributed by atoms with Gasteiger partial charge < -0.3 is 15.3 Å². The minimum absolute atomic E-state index is 0.121. The number of likely N-dealkylation sites (tertiary alicyclic amines) is 1. The predicted molar refractivity (Wildman–Crippen MR) is 79.3 cm³/mol. The lowest BCUT2D eigenvalue weighted by Gasteiger charge is -2.31. The Morgan fingerprint density at radius 2 is 2.11 bits per heavy atom. The molecule has 0 aromatic rings. The van der Waals surface area contributed by atoms with Crippen LogP contribution in [0.1, 0.15) is 32.6 Å². The smallest absolute Gasteiger partial charge is 0.0682 e. The molecule has 2 fully saturated rings. The molecule has 4 atom stereocenters. The zero-order valence-corrected chi connectivity index (χ0v) is 12.8. The lowest BCUT2D eigenvalue weighted by Crippen LogP contribution is -2.44. The molecular formula is C15H31N3O. The Hall–Kier alpha value is -0.160. The number of hydrogen-bond donors (Lipinski definition) is 2. The number of aliphatic hydroxyl groups excluding tert-OH is 1. The lowest BCUT2D eigenvalue weighted by molar-refractivity contribution is 0.153. The molecule has 0 bridgehead atoms. The average molecular weight is 269 g/mol. The van der Waals surface area contributed by atoms with Gasteiger partial charge in [-0.05, 0) is 45.8 Å². The van der Waals surface area contributed by atoms with Crippen LogP contribution in [-0.2, 0) is 0 Å². The highest BCUT2D eigenvalue weighted by atomic mass is 16.3. The van der Waals surface area contributed by atoms with Crippen molar-refractivity contribution in [3.63, 3.8) is 0 Å². The van der Waals surface area contributed by atoms with Crippen LogP contribution >= 0.6 is 0 Å². The lowest BCUT2D eigenvalue weighted by atomic mass is 10.0. The molecule has 4 heteroatoms. The van der Waals surface area contributed by atoms with Gasteiger partial charge in [0.15, 0.2) is 0 Å². The Balaban J connectivity index is 1.88. The molecule has 1 aliphatic heterocycles. The summed E-state index contributed by atoms with van der Waals surface area (Å²) in [6.45, 7) is 6.37. The summed E-state index contributed by atoms with van der Waals surface area (Å²) in [7, 11) is 4.25. The highest BCUT2D eigenvalue weighted by Crippen LogP contribution is 2.29. The van der Waals surface area contributed by atoms with E-state index in [-0.39, 0.29) is 6.10 Å². The number of aliphatic hydroxyl groups is 1. The van der Waals surface area contributed by atoms with E-state index in [1.807, 2.05) is 0 Å². The molecule has 2 aliphatic rings. The second kappa shape index (κ2) is 7.02. The molecule has 4 unspecified atom stereocenters. The average Bonchev–Trinajstić information content (AvgIpc) is 2.88. The first-order valence-electron chi connectivity index (χ1n) is 7.90. The van der Waals surface area contributed by atoms with Gasteiger partial charge in [-0.3, -0.25) is 4.90 Å². The largest absolute Gasteiger partial charge is 0.392 e. The molecule has 2 N–H and O–H groups in total. The van der Waals surface area contributed by atoms with Crippen LogP contribution in [0.15, 0.2) is 0 Å². The van der Waals surface area contributed by atoms with Crippen LogP contribution < -0.4 is 5.32 Å². The molecular weight excluding hydrogens is 238 g/mol. The summed E-state index contributed by atoms with van der Waals surface area (Å²) in [4.78, 5) is 4.77. The van der Waals surface area contributed by atoms with Gasteiger partial charge in [0.2, 0.25) is 0 Å². The monoisotopic (exact) mass is 269 g/mol. The van der Waals surface area contributed by atoms with Gasteiger partial charge in [-0.2, -0.15) is 0 Å². The summed E-state index contributed by atoms with van der Waals surface area (Å²) in [5, 5.41) is 13.6. The van der Waals surface area contributed by atoms with Gasteiger partial charge in [-0.15, -0.1) is 0 Å². The van der Waals surface area contributed by atoms with E-state index in [2.05, 4.69) is 36.1 Å². The third kappa shape index (κ3) is 4.15. The van der Waals surface area contributed by atoms with Crippen molar-refractivity contribution in [2.24, 2.45) is 5.92 Å². The van der Waals surface area contributed by atoms with Gasteiger partial charge in [0, 0.05) is 31.7 Å².